The van der Waals surface area contributed by atoms with Gasteiger partial charge in [-0.25, -0.2) is 0 Å². The van der Waals surface area contributed by atoms with E-state index in [1.165, 1.54) is 62.7 Å². The third kappa shape index (κ3) is 7.25. The number of hydrogen-bond acceptors (Lipinski definition) is 9. The number of nitrogens with two attached hydrogens (primary N) is 1. The number of benzene rings is 2. The molecule has 2 saturated heterocycles. The summed E-state index contributed by atoms with van der Waals surface area (Å²) in [5, 5.41) is 23.8. The lowest BCUT2D eigenvalue weighted by Gasteiger charge is -2.36. The first-order chi connectivity index (χ1) is 21.1. The lowest BCUT2D eigenvalue weighted by atomic mass is 9.88. The number of amidine groups is 1. The monoisotopic (exact) mass is 583 g/mol. The molecule has 2 aromatic carbocycles. The van der Waals surface area contributed by atoms with Crippen LogP contribution in [0.25, 0.3) is 0 Å². The first-order valence-corrected chi connectivity index (χ1v) is 15.9. The van der Waals surface area contributed by atoms with Crippen LogP contribution < -0.4 is 26.0 Å². The molecule has 0 radical (unpaired) electrons. The maximum absolute atomic E-state index is 8.06. The van der Waals surface area contributed by atoms with Crippen molar-refractivity contribution in [3.05, 3.63) is 65.4 Å². The molecule has 10 heteroatoms. The van der Waals surface area contributed by atoms with Gasteiger partial charge < -0.3 is 30.9 Å². The molecule has 1 aliphatic carbocycles. The summed E-state index contributed by atoms with van der Waals surface area (Å²) in [4.78, 5) is 9.71. The Morgan fingerprint density at radius 1 is 0.930 bits per heavy atom. The summed E-state index contributed by atoms with van der Waals surface area (Å²) in [6.45, 7) is 4.84. The van der Waals surface area contributed by atoms with E-state index in [4.69, 9.17) is 20.9 Å². The Morgan fingerprint density at radius 3 is 2.37 bits per heavy atom. The predicted octanol–water partition coefficient (Wildman–Crippen LogP) is 4.79. The van der Waals surface area contributed by atoms with Gasteiger partial charge in [-0.05, 0) is 92.9 Å². The highest BCUT2D eigenvalue weighted by molar-refractivity contribution is 5.98. The number of hydrogen-bond donors (Lipinski definition) is 4. The van der Waals surface area contributed by atoms with Gasteiger partial charge in [0.25, 0.3) is 0 Å². The van der Waals surface area contributed by atoms with Crippen LogP contribution in [0.3, 0.4) is 0 Å². The molecule has 228 valence electrons. The number of rotatable bonds is 10. The van der Waals surface area contributed by atoms with Gasteiger partial charge in [0, 0.05) is 37.4 Å². The van der Waals surface area contributed by atoms with Crippen molar-refractivity contribution >= 4 is 23.3 Å². The minimum absolute atomic E-state index is 0.155. The molecule has 0 unspecified atom stereocenters. The topological polar surface area (TPSA) is 128 Å². The number of nitrogens with one attached hydrogen (secondary N) is 3. The number of nitrogen functional groups attached to an aromatic ring is 1. The molecule has 3 aromatic rings. The molecule has 0 bridgehead atoms. The van der Waals surface area contributed by atoms with E-state index in [9.17, 15) is 0 Å². The first-order valence-electron chi connectivity index (χ1n) is 15.9. The SMILES string of the molecule is COc1ccc(CN[C@@H]2CCCN(c3nnc(C(=N)N)c(Nc4ccc(C5CCN(C6CCCC6)CC5)cc4)n3)C2)cc1. The van der Waals surface area contributed by atoms with Crippen molar-refractivity contribution in [2.24, 2.45) is 5.73 Å². The molecule has 10 nitrogen and oxygen atoms in total. The van der Waals surface area contributed by atoms with E-state index in [0.29, 0.717) is 23.7 Å². The van der Waals surface area contributed by atoms with Crippen LogP contribution in [-0.2, 0) is 6.54 Å². The van der Waals surface area contributed by atoms with Crippen LogP contribution in [0.1, 0.15) is 74.1 Å². The second-order valence-corrected chi connectivity index (χ2v) is 12.2. The minimum atomic E-state index is -0.155. The fourth-order valence-corrected chi connectivity index (χ4v) is 6.89. The summed E-state index contributed by atoms with van der Waals surface area (Å²) in [7, 11) is 1.68. The molecule has 3 fully saturated rings. The number of ether oxygens (including phenoxy) is 1. The fraction of sp³-hybridized carbons (Fsp3) is 0.515. The summed E-state index contributed by atoms with van der Waals surface area (Å²) in [6.07, 6.45) is 10.1. The smallest absolute Gasteiger partial charge is 0.247 e. The standard InChI is InChI=1S/C33H45N9O/c1-43-29-14-8-23(9-15-29)21-36-27-5-4-18-42(22-27)33-38-32(30(31(34)35)39-40-33)37-26-12-10-24(11-13-26)25-16-19-41(20-17-25)28-6-2-3-7-28/h8-15,25,27-28,36H,2-7,16-22H2,1H3,(H3,34,35)(H,37,38,40)/t27-/m1/s1. The summed E-state index contributed by atoms with van der Waals surface area (Å²) in [5.74, 6) is 2.33. The van der Waals surface area contributed by atoms with Crippen LogP contribution in [0.4, 0.5) is 17.5 Å². The van der Waals surface area contributed by atoms with E-state index in [0.717, 1.165) is 50.0 Å². The van der Waals surface area contributed by atoms with E-state index in [2.05, 4.69) is 67.0 Å². The third-order valence-electron chi connectivity index (χ3n) is 9.40. The normalized spacial score (nSPS) is 20.3. The fourth-order valence-electron chi connectivity index (χ4n) is 6.89. The van der Waals surface area contributed by atoms with Crippen LogP contribution in [0.5, 0.6) is 5.75 Å². The lowest BCUT2D eigenvalue weighted by Crippen LogP contribution is -2.46. The molecule has 1 saturated carbocycles. The van der Waals surface area contributed by atoms with Gasteiger partial charge in [0.2, 0.25) is 5.95 Å². The van der Waals surface area contributed by atoms with Crippen molar-refractivity contribution in [3.63, 3.8) is 0 Å². The molecule has 1 aromatic heterocycles. The number of nitrogens with zero attached hydrogens (tertiary/aromatic N) is 5. The Morgan fingerprint density at radius 2 is 1.67 bits per heavy atom. The van der Waals surface area contributed by atoms with Gasteiger partial charge in [0.1, 0.15) is 11.6 Å². The first kappa shape index (κ1) is 29.3. The third-order valence-corrected chi connectivity index (χ3v) is 9.40. The Labute approximate surface area is 254 Å². The predicted molar refractivity (Wildman–Crippen MR) is 171 cm³/mol. The Kier molecular flexibility index (Phi) is 9.33. The van der Waals surface area contributed by atoms with E-state index in [1.807, 2.05) is 12.1 Å². The highest BCUT2D eigenvalue weighted by Gasteiger charge is 2.28. The van der Waals surface area contributed by atoms with Gasteiger partial charge in [0.15, 0.2) is 11.5 Å². The molecule has 0 spiro atoms. The Balaban J connectivity index is 1.08. The zero-order valence-corrected chi connectivity index (χ0v) is 25.3. The van der Waals surface area contributed by atoms with Crippen LogP contribution in [0.2, 0.25) is 0 Å². The van der Waals surface area contributed by atoms with E-state index >= 15 is 0 Å². The van der Waals surface area contributed by atoms with E-state index in [1.54, 1.807) is 7.11 Å². The Bertz CT molecular complexity index is 1350. The van der Waals surface area contributed by atoms with Crippen LogP contribution in [0.15, 0.2) is 48.5 Å². The van der Waals surface area contributed by atoms with E-state index < -0.39 is 0 Å². The molecular weight excluding hydrogens is 538 g/mol. The summed E-state index contributed by atoms with van der Waals surface area (Å²) < 4.78 is 5.27. The van der Waals surface area contributed by atoms with Gasteiger partial charge in [-0.1, -0.05) is 37.1 Å². The zero-order chi connectivity index (χ0) is 29.6. The van der Waals surface area contributed by atoms with E-state index in [-0.39, 0.29) is 11.5 Å². The van der Waals surface area contributed by atoms with Gasteiger partial charge in [0.05, 0.1) is 7.11 Å². The van der Waals surface area contributed by atoms with Gasteiger partial charge in [-0.3, -0.25) is 5.41 Å². The zero-order valence-electron chi connectivity index (χ0n) is 25.3. The van der Waals surface area contributed by atoms with Crippen molar-refractivity contribution in [2.45, 2.75) is 75.9 Å². The second-order valence-electron chi connectivity index (χ2n) is 12.2. The molecule has 6 rings (SSSR count). The van der Waals surface area contributed by atoms with Crippen LogP contribution in [-0.4, -0.2) is 71.3 Å². The summed E-state index contributed by atoms with van der Waals surface area (Å²) in [6, 6.07) is 17.9. The highest BCUT2D eigenvalue weighted by atomic mass is 16.5. The van der Waals surface area contributed by atoms with Crippen molar-refractivity contribution in [2.75, 3.05) is 43.5 Å². The van der Waals surface area contributed by atoms with Crippen molar-refractivity contribution in [1.29, 1.82) is 5.41 Å². The molecule has 0 amide bonds. The molecule has 5 N–H and O–H groups in total. The number of aromatic nitrogens is 3. The van der Waals surface area contributed by atoms with Gasteiger partial charge in [-0.15, -0.1) is 10.2 Å². The molecule has 3 aliphatic rings. The average Bonchev–Trinajstić information content (AvgIpc) is 3.60. The Hall–Kier alpha value is -3.76. The minimum Gasteiger partial charge on any atom is -0.497 e. The summed E-state index contributed by atoms with van der Waals surface area (Å²) in [5.41, 5.74) is 9.65. The van der Waals surface area contributed by atoms with Crippen molar-refractivity contribution in [3.8, 4) is 5.75 Å². The molecule has 3 heterocycles. The molecular formula is C33H45N9O. The number of anilines is 3. The molecule has 43 heavy (non-hydrogen) atoms. The van der Waals surface area contributed by atoms with Crippen LogP contribution in [0, 0.1) is 5.41 Å². The van der Waals surface area contributed by atoms with Crippen LogP contribution >= 0.6 is 0 Å². The maximum atomic E-state index is 8.06. The number of methoxy groups -OCH3 is 1. The maximum Gasteiger partial charge on any atom is 0.247 e. The highest BCUT2D eigenvalue weighted by Crippen LogP contribution is 2.33. The molecule has 1 atom stereocenters. The van der Waals surface area contributed by atoms with Gasteiger partial charge in [-0.2, -0.15) is 4.98 Å². The summed E-state index contributed by atoms with van der Waals surface area (Å²) >= 11 is 0. The quantitative estimate of drug-likeness (QED) is 0.197. The average molecular weight is 584 g/mol. The van der Waals surface area contributed by atoms with Gasteiger partial charge >= 0.3 is 0 Å². The largest absolute Gasteiger partial charge is 0.497 e. The number of likely N-dealkylation sites (tertiary alicyclic amines) is 1. The van der Waals surface area contributed by atoms with Crippen molar-refractivity contribution < 1.29 is 4.74 Å². The number of piperidine rings is 2. The van der Waals surface area contributed by atoms with Crippen molar-refractivity contribution in [1.82, 2.24) is 25.4 Å². The lowest BCUT2D eigenvalue weighted by molar-refractivity contribution is 0.154. The molecule has 2 aliphatic heterocycles. The second kappa shape index (κ2) is 13.7.